The molecule has 4 rings (SSSR count). The maximum atomic E-state index is 12.6. The second-order valence-electron chi connectivity index (χ2n) is 6.83. The van der Waals surface area contributed by atoms with Crippen molar-refractivity contribution in [1.29, 1.82) is 0 Å². The van der Waals surface area contributed by atoms with Crippen molar-refractivity contribution < 1.29 is 13.2 Å². The van der Waals surface area contributed by atoms with Gasteiger partial charge in [0.05, 0.1) is 15.6 Å². The fourth-order valence-electron chi connectivity index (χ4n) is 3.01. The van der Waals surface area contributed by atoms with Crippen LogP contribution in [-0.4, -0.2) is 14.6 Å². The van der Waals surface area contributed by atoms with Gasteiger partial charge in [-0.2, -0.15) is 13.5 Å². The van der Waals surface area contributed by atoms with E-state index in [1.54, 1.807) is 24.3 Å². The summed E-state index contributed by atoms with van der Waals surface area (Å²) in [6, 6.07) is 27.9. The molecule has 0 fully saturated rings. The number of fused-ring (bicyclic) bond motifs is 1. The van der Waals surface area contributed by atoms with Gasteiger partial charge in [0, 0.05) is 0 Å². The second-order valence-corrected chi connectivity index (χ2v) is 9.34. The molecule has 0 bridgehead atoms. The molecule has 4 aromatic carbocycles. The molecule has 31 heavy (non-hydrogen) atoms. The van der Waals surface area contributed by atoms with Crippen LogP contribution in [0.5, 0.6) is 5.75 Å². The lowest BCUT2D eigenvalue weighted by atomic mass is 10.1. The average molecular weight is 495 g/mol. The molecule has 1 N–H and O–H groups in total. The van der Waals surface area contributed by atoms with Gasteiger partial charge in [0.2, 0.25) is 0 Å². The van der Waals surface area contributed by atoms with Crippen LogP contribution < -0.4 is 9.57 Å². The van der Waals surface area contributed by atoms with Crippen LogP contribution in [0.2, 0.25) is 0 Å². The SMILES string of the molecule is O=S(=O)(N/N=C\c1ccc(OCc2ccccc2)c(Br)c1)c1ccc2ccccc2c1. The summed E-state index contributed by atoms with van der Waals surface area (Å²) in [7, 11) is -3.76. The van der Waals surface area contributed by atoms with Gasteiger partial charge in [-0.15, -0.1) is 0 Å². The maximum absolute atomic E-state index is 12.6. The molecular weight excluding hydrogens is 476 g/mol. The predicted molar refractivity (Wildman–Crippen MR) is 127 cm³/mol. The zero-order chi connectivity index (χ0) is 21.7. The van der Waals surface area contributed by atoms with Gasteiger partial charge in [0.1, 0.15) is 12.4 Å². The van der Waals surface area contributed by atoms with Crippen molar-refractivity contribution in [3.8, 4) is 5.75 Å². The molecule has 0 spiro atoms. The molecule has 0 saturated heterocycles. The van der Waals surface area contributed by atoms with Crippen molar-refractivity contribution in [2.75, 3.05) is 0 Å². The Hall–Kier alpha value is -3.16. The Morgan fingerprint density at radius 1 is 0.871 bits per heavy atom. The van der Waals surface area contributed by atoms with Crippen LogP contribution in [-0.2, 0) is 16.6 Å². The van der Waals surface area contributed by atoms with Crippen LogP contribution in [0.1, 0.15) is 11.1 Å². The van der Waals surface area contributed by atoms with Gasteiger partial charge in [0.25, 0.3) is 10.0 Å². The van der Waals surface area contributed by atoms with Crippen LogP contribution >= 0.6 is 15.9 Å². The van der Waals surface area contributed by atoms with Crippen molar-refractivity contribution in [3.63, 3.8) is 0 Å². The quantitative estimate of drug-likeness (QED) is 0.272. The number of nitrogens with one attached hydrogen (secondary N) is 1. The highest BCUT2D eigenvalue weighted by atomic mass is 79.9. The van der Waals surface area contributed by atoms with E-state index in [1.807, 2.05) is 66.7 Å². The largest absolute Gasteiger partial charge is 0.488 e. The monoisotopic (exact) mass is 494 g/mol. The maximum Gasteiger partial charge on any atom is 0.276 e. The van der Waals surface area contributed by atoms with Crippen molar-refractivity contribution in [2.45, 2.75) is 11.5 Å². The molecule has 0 aliphatic carbocycles. The topological polar surface area (TPSA) is 67.8 Å². The van der Waals surface area contributed by atoms with Crippen LogP contribution in [0.3, 0.4) is 0 Å². The highest BCUT2D eigenvalue weighted by Crippen LogP contribution is 2.26. The third-order valence-electron chi connectivity index (χ3n) is 4.61. The third-order valence-corrected chi connectivity index (χ3v) is 6.45. The third kappa shape index (κ3) is 5.31. The molecule has 0 aliphatic heterocycles. The van der Waals surface area contributed by atoms with Crippen LogP contribution in [0.25, 0.3) is 10.8 Å². The summed E-state index contributed by atoms with van der Waals surface area (Å²) in [4.78, 5) is 2.43. The van der Waals surface area contributed by atoms with Crippen LogP contribution in [0.4, 0.5) is 0 Å². The molecule has 0 atom stereocenters. The van der Waals surface area contributed by atoms with E-state index in [0.717, 1.165) is 26.4 Å². The van der Waals surface area contributed by atoms with E-state index in [9.17, 15) is 8.42 Å². The molecule has 156 valence electrons. The molecule has 0 aliphatic rings. The zero-order valence-electron chi connectivity index (χ0n) is 16.4. The molecular formula is C24H19BrN2O3S. The summed E-state index contributed by atoms with van der Waals surface area (Å²) in [6.45, 7) is 0.457. The zero-order valence-corrected chi connectivity index (χ0v) is 18.8. The first kappa shape index (κ1) is 21.1. The number of benzene rings is 4. The molecule has 5 nitrogen and oxygen atoms in total. The number of hydrogen-bond donors (Lipinski definition) is 1. The van der Waals surface area contributed by atoms with Crippen LogP contribution in [0, 0.1) is 0 Å². The normalized spacial score (nSPS) is 11.6. The number of sulfonamides is 1. The minimum absolute atomic E-state index is 0.161. The minimum Gasteiger partial charge on any atom is -0.488 e. The van der Waals surface area contributed by atoms with Crippen LogP contribution in [0.15, 0.2) is 105 Å². The fraction of sp³-hybridized carbons (Fsp3) is 0.0417. The Morgan fingerprint density at radius 3 is 2.39 bits per heavy atom. The summed E-state index contributed by atoms with van der Waals surface area (Å²) in [5.74, 6) is 0.692. The van der Waals surface area contributed by atoms with E-state index in [1.165, 1.54) is 6.21 Å². The summed E-state index contributed by atoms with van der Waals surface area (Å²) < 4.78 is 31.7. The average Bonchev–Trinajstić information content (AvgIpc) is 2.79. The predicted octanol–water partition coefficient (Wildman–Crippen LogP) is 5.49. The highest BCUT2D eigenvalue weighted by molar-refractivity contribution is 9.10. The van der Waals surface area contributed by atoms with E-state index in [0.29, 0.717) is 12.4 Å². The Labute approximate surface area is 189 Å². The first-order valence-corrected chi connectivity index (χ1v) is 11.8. The molecule has 7 heteroatoms. The fourth-order valence-corrected chi connectivity index (χ4v) is 4.34. The van der Waals surface area contributed by atoms with Gasteiger partial charge < -0.3 is 4.74 Å². The van der Waals surface area contributed by atoms with Crippen molar-refractivity contribution in [1.82, 2.24) is 4.83 Å². The van der Waals surface area contributed by atoms with E-state index >= 15 is 0 Å². The van der Waals surface area contributed by atoms with Crippen molar-refractivity contribution in [2.24, 2.45) is 5.10 Å². The lowest BCUT2D eigenvalue weighted by Crippen LogP contribution is -2.18. The van der Waals surface area contributed by atoms with Crippen molar-refractivity contribution >= 4 is 42.9 Å². The van der Waals surface area contributed by atoms with E-state index in [-0.39, 0.29) is 4.90 Å². The Morgan fingerprint density at radius 2 is 1.61 bits per heavy atom. The van der Waals surface area contributed by atoms with Crippen molar-refractivity contribution in [3.05, 3.63) is 107 Å². The molecule has 0 radical (unpaired) electrons. The van der Waals surface area contributed by atoms with Gasteiger partial charge in [-0.05, 0) is 68.2 Å². The molecule has 4 aromatic rings. The summed E-state index contributed by atoms with van der Waals surface area (Å²) in [5.41, 5.74) is 1.79. The lowest BCUT2D eigenvalue weighted by molar-refractivity contribution is 0.304. The van der Waals surface area contributed by atoms with Gasteiger partial charge in [0.15, 0.2) is 0 Å². The van der Waals surface area contributed by atoms with Gasteiger partial charge in [-0.25, -0.2) is 4.83 Å². The molecule has 0 aromatic heterocycles. The van der Waals surface area contributed by atoms with E-state index in [2.05, 4.69) is 25.9 Å². The Balaban J connectivity index is 1.42. The summed E-state index contributed by atoms with van der Waals surface area (Å²) >= 11 is 3.49. The number of nitrogens with zero attached hydrogens (tertiary/aromatic N) is 1. The first-order chi connectivity index (χ1) is 15.0. The van der Waals surface area contributed by atoms with Gasteiger partial charge in [-0.3, -0.25) is 0 Å². The lowest BCUT2D eigenvalue weighted by Gasteiger charge is -2.09. The molecule has 0 heterocycles. The molecule has 0 unspecified atom stereocenters. The Kier molecular flexibility index (Phi) is 6.34. The molecule has 0 amide bonds. The van der Waals surface area contributed by atoms with Gasteiger partial charge >= 0.3 is 0 Å². The Bertz CT molecular complexity index is 1340. The highest BCUT2D eigenvalue weighted by Gasteiger charge is 2.13. The summed E-state index contributed by atoms with van der Waals surface area (Å²) in [6.07, 6.45) is 1.45. The number of hydrazone groups is 1. The minimum atomic E-state index is -3.76. The molecule has 0 saturated carbocycles. The second kappa shape index (κ2) is 9.32. The van der Waals surface area contributed by atoms with Gasteiger partial charge in [-0.1, -0.05) is 60.7 Å². The van der Waals surface area contributed by atoms with E-state index in [4.69, 9.17) is 4.74 Å². The number of rotatable bonds is 7. The van der Waals surface area contributed by atoms with E-state index < -0.39 is 10.0 Å². The standard InChI is InChI=1S/C24H19BrN2O3S/c25-23-14-19(10-13-24(23)30-17-18-6-2-1-3-7-18)16-26-27-31(28,29)22-12-11-20-8-4-5-9-21(20)15-22/h1-16,27H,17H2/b26-16-. The smallest absolute Gasteiger partial charge is 0.276 e. The number of ether oxygens (including phenoxy) is 1. The first-order valence-electron chi connectivity index (χ1n) is 9.51. The summed E-state index contributed by atoms with van der Waals surface area (Å²) in [5, 5.41) is 5.74. The number of halogens is 1. The number of hydrogen-bond acceptors (Lipinski definition) is 4.